The molecule has 2 aliphatic heterocycles. The fourth-order valence-electron chi connectivity index (χ4n) is 4.97. The Hall–Kier alpha value is -2.73. The molecule has 2 fully saturated rings. The Morgan fingerprint density at radius 2 is 1.83 bits per heavy atom. The van der Waals surface area contributed by atoms with E-state index in [9.17, 15) is 9.18 Å². The zero-order valence-electron chi connectivity index (χ0n) is 16.3. The number of piperidine rings is 1. The lowest BCUT2D eigenvalue weighted by Crippen LogP contribution is -2.46. The number of amides is 1. The molecular weight excluding hydrogens is 367 g/mol. The van der Waals surface area contributed by atoms with E-state index in [1.165, 1.54) is 6.07 Å². The van der Waals surface area contributed by atoms with E-state index >= 15 is 0 Å². The van der Waals surface area contributed by atoms with Crippen LogP contribution in [0.3, 0.4) is 0 Å². The van der Waals surface area contributed by atoms with E-state index in [1.54, 1.807) is 18.2 Å². The Morgan fingerprint density at radius 1 is 1.10 bits per heavy atom. The highest BCUT2D eigenvalue weighted by atomic mass is 19.1. The highest BCUT2D eigenvalue weighted by Crippen LogP contribution is 2.39. The summed E-state index contributed by atoms with van der Waals surface area (Å²) in [5.41, 5.74) is 2.60. The molecule has 2 bridgehead atoms. The van der Waals surface area contributed by atoms with Crippen molar-refractivity contribution in [2.75, 3.05) is 0 Å². The normalized spacial score (nSPS) is 24.1. The van der Waals surface area contributed by atoms with E-state index in [-0.39, 0.29) is 24.2 Å². The highest BCUT2D eigenvalue weighted by Gasteiger charge is 2.43. The lowest BCUT2D eigenvalue weighted by Gasteiger charge is -2.37. The number of nitrogens with one attached hydrogen (secondary N) is 2. The van der Waals surface area contributed by atoms with Crippen molar-refractivity contribution in [2.45, 2.75) is 50.9 Å². The van der Waals surface area contributed by atoms with Gasteiger partial charge in [-0.05, 0) is 43.9 Å². The predicted octanol–water partition coefficient (Wildman–Crippen LogP) is 3.76. The molecule has 5 rings (SSSR count). The Labute approximate surface area is 169 Å². The van der Waals surface area contributed by atoms with E-state index in [4.69, 9.17) is 4.98 Å². The van der Waals surface area contributed by atoms with E-state index in [1.807, 2.05) is 24.3 Å². The molecule has 29 heavy (non-hydrogen) atoms. The second-order valence-electron chi connectivity index (χ2n) is 8.24. The first-order valence-electron chi connectivity index (χ1n) is 10.4. The largest absolute Gasteiger partial charge is 0.352 e. The van der Waals surface area contributed by atoms with Crippen molar-refractivity contribution in [3.63, 3.8) is 0 Å². The first-order valence-corrected chi connectivity index (χ1v) is 10.4. The zero-order valence-corrected chi connectivity index (χ0v) is 16.3. The molecule has 0 aliphatic carbocycles. The molecule has 2 unspecified atom stereocenters. The van der Waals surface area contributed by atoms with Gasteiger partial charge in [0.05, 0.1) is 17.6 Å². The average Bonchev–Trinajstić information content (AvgIpc) is 3.23. The summed E-state index contributed by atoms with van der Waals surface area (Å²) in [6.07, 6.45) is 3.98. The van der Waals surface area contributed by atoms with Gasteiger partial charge in [0.2, 0.25) is 5.91 Å². The summed E-state index contributed by atoms with van der Waals surface area (Å²) in [5, 5.41) is 2.94. The molecule has 2 aromatic carbocycles. The van der Waals surface area contributed by atoms with Crippen molar-refractivity contribution in [3.8, 4) is 0 Å². The van der Waals surface area contributed by atoms with Gasteiger partial charge in [-0.25, -0.2) is 9.37 Å². The van der Waals surface area contributed by atoms with Gasteiger partial charge in [-0.15, -0.1) is 0 Å². The second-order valence-corrected chi connectivity index (χ2v) is 8.24. The van der Waals surface area contributed by atoms with Crippen molar-refractivity contribution in [3.05, 3.63) is 65.7 Å². The van der Waals surface area contributed by atoms with Gasteiger partial charge in [0.1, 0.15) is 11.6 Å². The summed E-state index contributed by atoms with van der Waals surface area (Å²) in [6.45, 7) is 1.05. The minimum Gasteiger partial charge on any atom is -0.352 e. The van der Waals surface area contributed by atoms with Crippen molar-refractivity contribution in [1.29, 1.82) is 0 Å². The summed E-state index contributed by atoms with van der Waals surface area (Å²) < 4.78 is 13.8. The van der Waals surface area contributed by atoms with Gasteiger partial charge in [-0.1, -0.05) is 30.3 Å². The summed E-state index contributed by atoms with van der Waals surface area (Å²) in [5.74, 6) is 0.777. The van der Waals surface area contributed by atoms with Gasteiger partial charge < -0.3 is 10.3 Å². The molecule has 2 aliphatic rings. The number of benzene rings is 2. The maximum Gasteiger partial charge on any atom is 0.223 e. The number of nitrogens with zero attached hydrogens (tertiary/aromatic N) is 2. The molecule has 2 saturated heterocycles. The van der Waals surface area contributed by atoms with Gasteiger partial charge in [-0.3, -0.25) is 9.69 Å². The van der Waals surface area contributed by atoms with Crippen LogP contribution in [0.2, 0.25) is 0 Å². The second kappa shape index (κ2) is 7.59. The van der Waals surface area contributed by atoms with Crippen LogP contribution in [0.25, 0.3) is 11.0 Å². The molecule has 0 spiro atoms. The van der Waals surface area contributed by atoms with Crippen LogP contribution >= 0.6 is 0 Å². The Bertz CT molecular complexity index is 985. The summed E-state index contributed by atoms with van der Waals surface area (Å²) in [7, 11) is 0. The quantitative estimate of drug-likeness (QED) is 0.695. The highest BCUT2D eigenvalue weighted by molar-refractivity contribution is 5.79. The van der Waals surface area contributed by atoms with Crippen molar-refractivity contribution in [1.82, 2.24) is 20.2 Å². The molecule has 0 radical (unpaired) electrons. The van der Waals surface area contributed by atoms with Gasteiger partial charge >= 0.3 is 0 Å². The molecule has 0 saturated carbocycles. The van der Waals surface area contributed by atoms with Gasteiger partial charge in [0, 0.05) is 30.1 Å². The van der Waals surface area contributed by atoms with Crippen LogP contribution in [-0.4, -0.2) is 32.9 Å². The van der Waals surface area contributed by atoms with Gasteiger partial charge in [0.15, 0.2) is 0 Å². The van der Waals surface area contributed by atoms with E-state index in [0.29, 0.717) is 17.6 Å². The summed E-state index contributed by atoms with van der Waals surface area (Å²) >= 11 is 0. The number of aromatic nitrogens is 2. The standard InChI is InChI=1S/C23H25FN4O/c24-19-6-2-1-5-15(19)13-25-23(29)16-11-17-9-10-18(12-16)28(17)14-22-26-20-7-3-4-8-21(20)27-22/h1-8,16-18H,9-14H2,(H,25,29)(H,26,27). The van der Waals surface area contributed by atoms with E-state index in [0.717, 1.165) is 49.1 Å². The topological polar surface area (TPSA) is 61.0 Å². The summed E-state index contributed by atoms with van der Waals surface area (Å²) in [6, 6.07) is 15.5. The summed E-state index contributed by atoms with van der Waals surface area (Å²) in [4.78, 5) is 23.4. The third-order valence-electron chi connectivity index (χ3n) is 6.44. The fraction of sp³-hybridized carbons (Fsp3) is 0.391. The number of carbonyl (C=O) groups is 1. The number of carbonyl (C=O) groups excluding carboxylic acids is 1. The number of imidazole rings is 1. The maximum absolute atomic E-state index is 13.8. The number of H-pyrrole nitrogens is 1. The van der Waals surface area contributed by atoms with Crippen molar-refractivity contribution >= 4 is 16.9 Å². The fourth-order valence-corrected chi connectivity index (χ4v) is 4.97. The molecule has 2 N–H and O–H groups in total. The number of hydrogen-bond donors (Lipinski definition) is 2. The molecule has 5 nitrogen and oxygen atoms in total. The number of aromatic amines is 1. The van der Waals surface area contributed by atoms with Crippen LogP contribution in [0.5, 0.6) is 0 Å². The maximum atomic E-state index is 13.8. The smallest absolute Gasteiger partial charge is 0.223 e. The van der Waals surface area contributed by atoms with Crippen LogP contribution < -0.4 is 5.32 Å². The first kappa shape index (κ1) is 18.3. The van der Waals surface area contributed by atoms with Crippen molar-refractivity contribution in [2.24, 2.45) is 5.92 Å². The van der Waals surface area contributed by atoms with Crippen LogP contribution in [0.1, 0.15) is 37.1 Å². The molecular formula is C23H25FN4O. The molecule has 1 aromatic heterocycles. The van der Waals surface area contributed by atoms with E-state index < -0.39 is 0 Å². The number of hydrogen-bond acceptors (Lipinski definition) is 3. The number of para-hydroxylation sites is 2. The van der Waals surface area contributed by atoms with Crippen LogP contribution in [-0.2, 0) is 17.9 Å². The third-order valence-corrected chi connectivity index (χ3v) is 6.44. The minimum atomic E-state index is -0.270. The van der Waals surface area contributed by atoms with Crippen molar-refractivity contribution < 1.29 is 9.18 Å². The van der Waals surface area contributed by atoms with Crippen LogP contribution in [0.4, 0.5) is 4.39 Å². The van der Waals surface area contributed by atoms with E-state index in [2.05, 4.69) is 15.2 Å². The molecule has 3 aromatic rings. The lowest BCUT2D eigenvalue weighted by atomic mass is 9.90. The third kappa shape index (κ3) is 3.65. The van der Waals surface area contributed by atoms with Gasteiger partial charge in [-0.2, -0.15) is 0 Å². The molecule has 1 amide bonds. The average molecular weight is 392 g/mol. The van der Waals surface area contributed by atoms with Gasteiger partial charge in [0.25, 0.3) is 0 Å². The Morgan fingerprint density at radius 3 is 2.59 bits per heavy atom. The van der Waals surface area contributed by atoms with Crippen LogP contribution in [0.15, 0.2) is 48.5 Å². The van der Waals surface area contributed by atoms with Crippen LogP contribution in [0, 0.1) is 11.7 Å². The Kier molecular flexibility index (Phi) is 4.79. The molecule has 2 atom stereocenters. The zero-order chi connectivity index (χ0) is 19.8. The first-order chi connectivity index (χ1) is 14.2. The number of halogens is 1. The SMILES string of the molecule is O=C(NCc1ccccc1F)C1CC2CCC(C1)N2Cc1nc2ccccc2[nH]1. The Balaban J connectivity index is 1.21. The molecule has 6 heteroatoms. The number of fused-ring (bicyclic) bond motifs is 3. The molecule has 3 heterocycles. The predicted molar refractivity (Wildman–Crippen MR) is 109 cm³/mol. The number of rotatable bonds is 5. The lowest BCUT2D eigenvalue weighted by molar-refractivity contribution is -0.127. The monoisotopic (exact) mass is 392 g/mol. The molecule has 150 valence electrons. The minimum absolute atomic E-state index is 0.00574.